The molecule has 3 aromatic rings. The Morgan fingerprint density at radius 2 is 1.83 bits per heavy atom. The highest BCUT2D eigenvalue weighted by Gasteiger charge is 2.35. The number of amides is 1. The van der Waals surface area contributed by atoms with Gasteiger partial charge >= 0.3 is 0 Å². The molecule has 1 amide bonds. The predicted molar refractivity (Wildman–Crippen MR) is 112 cm³/mol. The van der Waals surface area contributed by atoms with Gasteiger partial charge in [0.25, 0.3) is 5.91 Å². The lowest BCUT2D eigenvalue weighted by molar-refractivity contribution is 0.0696. The summed E-state index contributed by atoms with van der Waals surface area (Å²) < 4.78 is 38.2. The molecule has 2 heterocycles. The van der Waals surface area contributed by atoms with Gasteiger partial charge < -0.3 is 14.4 Å². The summed E-state index contributed by atoms with van der Waals surface area (Å²) in [6.07, 6.45) is 0.574. The molecule has 1 aliphatic heterocycles. The van der Waals surface area contributed by atoms with Crippen LogP contribution in [0.25, 0.3) is 0 Å². The number of rotatable bonds is 4. The third-order valence-corrected chi connectivity index (χ3v) is 6.43. The zero-order valence-electron chi connectivity index (χ0n) is 16.2. The molecule has 1 atom stereocenters. The van der Waals surface area contributed by atoms with Gasteiger partial charge in [0, 0.05) is 11.4 Å². The Balaban J connectivity index is 1.84. The fourth-order valence-corrected chi connectivity index (χ4v) is 4.85. The molecule has 4 rings (SSSR count). The molecular formula is C22H18ClF2NO3S. The summed E-state index contributed by atoms with van der Waals surface area (Å²) in [5.74, 6) is -1.49. The Kier molecular flexibility index (Phi) is 5.66. The Morgan fingerprint density at radius 3 is 2.50 bits per heavy atom. The van der Waals surface area contributed by atoms with Gasteiger partial charge in [0.05, 0.1) is 30.8 Å². The topological polar surface area (TPSA) is 38.8 Å². The first-order chi connectivity index (χ1) is 14.4. The quantitative estimate of drug-likeness (QED) is 0.495. The van der Waals surface area contributed by atoms with Crippen LogP contribution < -0.4 is 9.47 Å². The number of fused-ring (bicyclic) bond motifs is 1. The van der Waals surface area contributed by atoms with Gasteiger partial charge in [-0.25, -0.2) is 8.78 Å². The van der Waals surface area contributed by atoms with Gasteiger partial charge in [-0.2, -0.15) is 0 Å². The van der Waals surface area contributed by atoms with Gasteiger partial charge in [0.15, 0.2) is 23.1 Å². The van der Waals surface area contributed by atoms with Gasteiger partial charge in [-0.3, -0.25) is 4.79 Å². The predicted octanol–water partition coefficient (Wildman–Crippen LogP) is 5.48. The van der Waals surface area contributed by atoms with Crippen LogP contribution in [0.5, 0.6) is 11.5 Å². The highest BCUT2D eigenvalue weighted by Crippen LogP contribution is 2.43. The van der Waals surface area contributed by atoms with Crippen LogP contribution in [-0.2, 0) is 6.42 Å². The van der Waals surface area contributed by atoms with Crippen molar-refractivity contribution in [3.63, 3.8) is 0 Å². The van der Waals surface area contributed by atoms with E-state index in [1.54, 1.807) is 19.1 Å². The SMILES string of the molecule is COc1cc2c(cc1OC)C(c1cccs1)N(C(=O)c1cc(F)c(F)cc1Cl)CC2. The summed E-state index contributed by atoms with van der Waals surface area (Å²) in [6.45, 7) is 0.388. The van der Waals surface area contributed by atoms with E-state index in [1.807, 2.05) is 29.6 Å². The lowest BCUT2D eigenvalue weighted by Crippen LogP contribution is -2.40. The lowest BCUT2D eigenvalue weighted by Gasteiger charge is -2.37. The number of carbonyl (C=O) groups excluding carboxylic acids is 1. The molecule has 0 saturated heterocycles. The summed E-state index contributed by atoms with van der Waals surface area (Å²) in [7, 11) is 3.13. The van der Waals surface area contributed by atoms with Crippen molar-refractivity contribution in [2.45, 2.75) is 12.5 Å². The maximum Gasteiger partial charge on any atom is 0.256 e. The molecule has 0 saturated carbocycles. The van der Waals surface area contributed by atoms with Crippen molar-refractivity contribution in [3.05, 3.63) is 80.0 Å². The van der Waals surface area contributed by atoms with E-state index in [0.717, 1.165) is 28.1 Å². The standard InChI is InChI=1S/C22H18ClF2NO3S/c1-28-18-8-12-5-6-26(22(27)14-9-16(24)17(25)11-15(14)23)21(20-4-3-7-30-20)13(12)10-19(18)29-2/h3-4,7-11,21H,5-6H2,1-2H3. The first-order valence-corrected chi connectivity index (χ1v) is 10.4. The molecule has 0 bridgehead atoms. The molecule has 156 valence electrons. The number of nitrogens with zero attached hydrogens (tertiary/aromatic N) is 1. The van der Waals surface area contributed by atoms with Crippen LogP contribution in [0.1, 0.15) is 32.4 Å². The van der Waals surface area contributed by atoms with Crippen molar-refractivity contribution in [2.75, 3.05) is 20.8 Å². The fourth-order valence-electron chi connectivity index (χ4n) is 3.76. The van der Waals surface area contributed by atoms with Crippen LogP contribution in [0.4, 0.5) is 8.78 Å². The van der Waals surface area contributed by atoms with Crippen LogP contribution >= 0.6 is 22.9 Å². The van der Waals surface area contributed by atoms with E-state index in [9.17, 15) is 13.6 Å². The van der Waals surface area contributed by atoms with E-state index in [0.29, 0.717) is 24.5 Å². The van der Waals surface area contributed by atoms with E-state index >= 15 is 0 Å². The number of carbonyl (C=O) groups is 1. The molecule has 0 aliphatic carbocycles. The molecule has 1 aliphatic rings. The number of thiophene rings is 1. The van der Waals surface area contributed by atoms with Crippen molar-refractivity contribution in [3.8, 4) is 11.5 Å². The Morgan fingerprint density at radius 1 is 1.13 bits per heavy atom. The summed E-state index contributed by atoms with van der Waals surface area (Å²) in [5, 5.41) is 1.80. The lowest BCUT2D eigenvalue weighted by atomic mass is 9.90. The zero-order chi connectivity index (χ0) is 21.4. The molecule has 2 aromatic carbocycles. The smallest absolute Gasteiger partial charge is 0.256 e. The minimum absolute atomic E-state index is 0.0685. The molecule has 0 N–H and O–H groups in total. The van der Waals surface area contributed by atoms with Crippen molar-refractivity contribution in [1.82, 2.24) is 4.90 Å². The first-order valence-electron chi connectivity index (χ1n) is 9.18. The Labute approximate surface area is 181 Å². The van der Waals surface area contributed by atoms with Crippen LogP contribution in [0.3, 0.4) is 0 Å². The maximum absolute atomic E-state index is 13.8. The van der Waals surface area contributed by atoms with Gasteiger partial charge in [-0.05, 0) is 53.3 Å². The second kappa shape index (κ2) is 8.24. The highest BCUT2D eigenvalue weighted by atomic mass is 35.5. The number of methoxy groups -OCH3 is 2. The molecule has 0 fully saturated rings. The van der Waals surface area contributed by atoms with Crippen molar-refractivity contribution in [2.24, 2.45) is 0 Å². The number of hydrogen-bond acceptors (Lipinski definition) is 4. The minimum Gasteiger partial charge on any atom is -0.493 e. The van der Waals surface area contributed by atoms with Crippen molar-refractivity contribution >= 4 is 28.8 Å². The van der Waals surface area contributed by atoms with Crippen LogP contribution in [0.2, 0.25) is 5.02 Å². The highest BCUT2D eigenvalue weighted by molar-refractivity contribution is 7.10. The van der Waals surface area contributed by atoms with E-state index in [2.05, 4.69) is 0 Å². The second-order valence-electron chi connectivity index (χ2n) is 6.82. The molecule has 0 radical (unpaired) electrons. The average Bonchev–Trinajstić information content (AvgIpc) is 3.28. The van der Waals surface area contributed by atoms with E-state index < -0.39 is 23.6 Å². The largest absolute Gasteiger partial charge is 0.493 e. The summed E-state index contributed by atoms with van der Waals surface area (Å²) in [4.78, 5) is 16.0. The third-order valence-electron chi connectivity index (χ3n) is 5.19. The Bertz CT molecular complexity index is 1100. The zero-order valence-corrected chi connectivity index (χ0v) is 17.8. The normalized spacial score (nSPS) is 15.6. The average molecular weight is 450 g/mol. The van der Waals surface area contributed by atoms with Crippen molar-refractivity contribution in [1.29, 1.82) is 0 Å². The third kappa shape index (κ3) is 3.52. The molecular weight excluding hydrogens is 432 g/mol. The van der Waals surface area contributed by atoms with Gasteiger partial charge in [0.1, 0.15) is 0 Å². The molecule has 4 nitrogen and oxygen atoms in total. The molecule has 1 aromatic heterocycles. The molecule has 0 spiro atoms. The Hall–Kier alpha value is -2.64. The number of benzene rings is 2. The van der Waals surface area contributed by atoms with Crippen LogP contribution in [0.15, 0.2) is 41.8 Å². The fraction of sp³-hybridized carbons (Fsp3) is 0.227. The summed E-state index contributed by atoms with van der Waals surface area (Å²) >= 11 is 7.60. The molecule has 1 unspecified atom stereocenters. The molecule has 8 heteroatoms. The van der Waals surface area contributed by atoms with Crippen LogP contribution in [0, 0.1) is 11.6 Å². The summed E-state index contributed by atoms with van der Waals surface area (Å²) in [6, 6.07) is 8.90. The van der Waals surface area contributed by atoms with Crippen LogP contribution in [-0.4, -0.2) is 31.6 Å². The van der Waals surface area contributed by atoms with E-state index in [1.165, 1.54) is 11.3 Å². The van der Waals surface area contributed by atoms with Gasteiger partial charge in [-0.1, -0.05) is 17.7 Å². The number of hydrogen-bond donors (Lipinski definition) is 0. The second-order valence-corrected chi connectivity index (χ2v) is 8.21. The summed E-state index contributed by atoms with van der Waals surface area (Å²) in [5.41, 5.74) is 1.86. The van der Waals surface area contributed by atoms with Gasteiger partial charge in [-0.15, -0.1) is 11.3 Å². The number of ether oxygens (including phenoxy) is 2. The minimum atomic E-state index is -1.11. The first kappa shape index (κ1) is 20.6. The molecule has 30 heavy (non-hydrogen) atoms. The van der Waals surface area contributed by atoms with Crippen molar-refractivity contribution < 1.29 is 23.0 Å². The van der Waals surface area contributed by atoms with E-state index in [4.69, 9.17) is 21.1 Å². The number of halogens is 3. The maximum atomic E-state index is 13.8. The monoisotopic (exact) mass is 449 g/mol. The van der Waals surface area contributed by atoms with E-state index in [-0.39, 0.29) is 10.6 Å². The van der Waals surface area contributed by atoms with Gasteiger partial charge in [0.2, 0.25) is 0 Å².